The van der Waals surface area contributed by atoms with Crippen LogP contribution in [-0.2, 0) is 5.41 Å². The number of hydrogen-bond donors (Lipinski definition) is 0. The zero-order chi connectivity index (χ0) is 33.0. The van der Waals surface area contributed by atoms with Crippen LogP contribution in [0.1, 0.15) is 22.3 Å². The van der Waals surface area contributed by atoms with E-state index in [1.54, 1.807) is 0 Å². The van der Waals surface area contributed by atoms with E-state index in [0.29, 0.717) is 0 Å². The lowest BCUT2D eigenvalue weighted by molar-refractivity contribution is 0.769. The van der Waals surface area contributed by atoms with Crippen molar-refractivity contribution in [2.45, 2.75) is 5.41 Å². The van der Waals surface area contributed by atoms with Crippen molar-refractivity contribution in [1.29, 1.82) is 0 Å². The second-order valence-corrected chi connectivity index (χ2v) is 14.4. The average molecular weight is 645 g/mol. The van der Waals surface area contributed by atoms with Gasteiger partial charge in [0.05, 0.1) is 38.5 Å². The summed E-state index contributed by atoms with van der Waals surface area (Å²) in [6, 6.07) is 63.7. The highest BCUT2D eigenvalue weighted by Crippen LogP contribution is 2.58. The number of rotatable bonds is 2. The fraction of sp³-hybridized carbons (Fsp3) is 0.0204. The molecule has 0 bridgehead atoms. The van der Waals surface area contributed by atoms with Crippen LogP contribution in [0.15, 0.2) is 170 Å². The summed E-state index contributed by atoms with van der Waals surface area (Å²) in [6.45, 7) is 0. The Hall–Kier alpha value is -6.64. The minimum Gasteiger partial charge on any atom is -0.308 e. The van der Waals surface area contributed by atoms with Gasteiger partial charge in [0, 0.05) is 43.1 Å². The zero-order valence-electron chi connectivity index (χ0n) is 27.6. The summed E-state index contributed by atoms with van der Waals surface area (Å²) in [5.41, 5.74) is 15.2. The van der Waals surface area contributed by atoms with Crippen LogP contribution >= 0.6 is 0 Å². The summed E-state index contributed by atoms with van der Waals surface area (Å²) >= 11 is 0. The quantitative estimate of drug-likeness (QED) is 0.177. The van der Waals surface area contributed by atoms with Crippen molar-refractivity contribution in [3.8, 4) is 11.1 Å². The molecule has 4 aromatic heterocycles. The lowest BCUT2D eigenvalue weighted by Crippen LogP contribution is -2.28. The number of hydrogen-bond acceptors (Lipinski definition) is 0. The monoisotopic (exact) mass is 644 g/mol. The van der Waals surface area contributed by atoms with Crippen LogP contribution in [0.3, 0.4) is 0 Å². The van der Waals surface area contributed by atoms with Crippen molar-refractivity contribution in [1.82, 2.24) is 8.80 Å². The van der Waals surface area contributed by atoms with Crippen LogP contribution in [-0.4, -0.2) is 8.80 Å². The van der Waals surface area contributed by atoms with Gasteiger partial charge in [0.1, 0.15) is 0 Å². The molecule has 0 atom stereocenters. The second-order valence-electron chi connectivity index (χ2n) is 14.4. The summed E-state index contributed by atoms with van der Waals surface area (Å²) in [6.07, 6.45) is 0. The third kappa shape index (κ3) is 2.88. The molecule has 0 spiro atoms. The van der Waals surface area contributed by atoms with Crippen LogP contribution in [0.25, 0.3) is 87.3 Å². The highest BCUT2D eigenvalue weighted by molar-refractivity contribution is 6.38. The summed E-state index contributed by atoms with van der Waals surface area (Å²) in [4.78, 5) is 0. The Bertz CT molecular complexity index is 3360. The first-order valence-corrected chi connectivity index (χ1v) is 17.9. The van der Waals surface area contributed by atoms with Crippen LogP contribution < -0.4 is 0 Å². The van der Waals surface area contributed by atoms with Crippen LogP contribution in [0.4, 0.5) is 0 Å². The van der Waals surface area contributed by atoms with Crippen molar-refractivity contribution in [3.05, 3.63) is 192 Å². The highest BCUT2D eigenvalue weighted by Gasteiger charge is 2.46. The van der Waals surface area contributed by atoms with Gasteiger partial charge in [-0.15, -0.1) is 0 Å². The standard InChI is InChI=1S/C49H28N2/c1-3-14-29(15-4-1)49(30-16-5-2-6-17-30)39-23-10-7-18-31(39)36-27-43-37(26-40(36)49)33-21-13-22-35-45-44(51(43)47(33)35)28-38-32-19-8-11-24-41(32)50-42-25-12-9-20-34(42)46(45)48(38)50/h1-28H. The van der Waals surface area contributed by atoms with Crippen molar-refractivity contribution in [2.75, 3.05) is 0 Å². The van der Waals surface area contributed by atoms with E-state index in [1.807, 2.05) is 0 Å². The number of benzene rings is 8. The van der Waals surface area contributed by atoms with E-state index in [1.165, 1.54) is 110 Å². The summed E-state index contributed by atoms with van der Waals surface area (Å²) in [7, 11) is 0. The smallest absolute Gasteiger partial charge is 0.0713 e. The van der Waals surface area contributed by atoms with Gasteiger partial charge in [-0.3, -0.25) is 0 Å². The molecule has 12 aromatic rings. The van der Waals surface area contributed by atoms with Gasteiger partial charge in [0.2, 0.25) is 0 Å². The molecular formula is C49H28N2. The Labute approximate surface area is 292 Å². The molecule has 51 heavy (non-hydrogen) atoms. The Morgan fingerprint density at radius 2 is 0.922 bits per heavy atom. The largest absolute Gasteiger partial charge is 0.308 e. The summed E-state index contributed by atoms with van der Waals surface area (Å²) in [5, 5.41) is 10.6. The maximum absolute atomic E-state index is 2.59. The van der Waals surface area contributed by atoms with E-state index >= 15 is 0 Å². The molecule has 234 valence electrons. The molecular weight excluding hydrogens is 617 g/mol. The van der Waals surface area contributed by atoms with Gasteiger partial charge < -0.3 is 8.80 Å². The maximum Gasteiger partial charge on any atom is 0.0713 e. The molecule has 0 saturated heterocycles. The lowest BCUT2D eigenvalue weighted by Gasteiger charge is -2.33. The minimum atomic E-state index is -0.430. The fourth-order valence-electron chi connectivity index (χ4n) is 10.4. The van der Waals surface area contributed by atoms with Gasteiger partial charge in [0.15, 0.2) is 0 Å². The Morgan fingerprint density at radius 3 is 1.71 bits per heavy atom. The zero-order valence-corrected chi connectivity index (χ0v) is 27.6. The SMILES string of the molecule is c1ccc(C2(c3ccccc3)c3ccccc3-c3cc4c(cc32)c2cccc3c5c6c7ccccc7n7c8ccccc8c(cc5n4c23)c67)cc1. The lowest BCUT2D eigenvalue weighted by atomic mass is 9.67. The predicted octanol–water partition coefficient (Wildman–Crippen LogP) is 12.3. The Balaban J connectivity index is 1.25. The second kappa shape index (κ2) is 8.93. The molecule has 2 heteroatoms. The first kappa shape index (κ1) is 26.3. The molecule has 0 unspecified atom stereocenters. The first-order chi connectivity index (χ1) is 25.3. The van der Waals surface area contributed by atoms with E-state index in [4.69, 9.17) is 0 Å². The number of fused-ring (bicyclic) bond motifs is 16. The van der Waals surface area contributed by atoms with Gasteiger partial charge in [-0.2, -0.15) is 0 Å². The van der Waals surface area contributed by atoms with Gasteiger partial charge >= 0.3 is 0 Å². The number of para-hydroxylation sites is 3. The van der Waals surface area contributed by atoms with Gasteiger partial charge in [0.25, 0.3) is 0 Å². The first-order valence-electron chi connectivity index (χ1n) is 17.9. The van der Waals surface area contributed by atoms with Crippen molar-refractivity contribution < 1.29 is 0 Å². The Kier molecular flexibility index (Phi) is 4.60. The van der Waals surface area contributed by atoms with E-state index < -0.39 is 5.41 Å². The maximum atomic E-state index is 2.59. The third-order valence-electron chi connectivity index (χ3n) is 12.2. The fourth-order valence-corrected chi connectivity index (χ4v) is 10.4. The molecule has 2 nitrogen and oxygen atoms in total. The summed E-state index contributed by atoms with van der Waals surface area (Å²) in [5.74, 6) is 0. The molecule has 0 N–H and O–H groups in total. The predicted molar refractivity (Wildman–Crippen MR) is 213 cm³/mol. The molecule has 0 aliphatic heterocycles. The molecule has 1 aliphatic rings. The van der Waals surface area contributed by atoms with Crippen molar-refractivity contribution in [2.24, 2.45) is 0 Å². The molecule has 13 rings (SSSR count). The normalized spacial score (nSPS) is 14.0. The van der Waals surface area contributed by atoms with Crippen LogP contribution in [0, 0.1) is 0 Å². The van der Waals surface area contributed by atoms with Gasteiger partial charge in [-0.1, -0.05) is 140 Å². The molecule has 8 aromatic carbocycles. The van der Waals surface area contributed by atoms with Gasteiger partial charge in [-0.05, 0) is 63.7 Å². The average Bonchev–Trinajstić information content (AvgIpc) is 3.97. The highest BCUT2D eigenvalue weighted by atomic mass is 14.9. The third-order valence-corrected chi connectivity index (χ3v) is 12.2. The van der Waals surface area contributed by atoms with E-state index in [0.717, 1.165) is 0 Å². The number of aromatic nitrogens is 2. The molecule has 0 fully saturated rings. The minimum absolute atomic E-state index is 0.430. The van der Waals surface area contributed by atoms with Crippen molar-refractivity contribution in [3.63, 3.8) is 0 Å². The molecule has 4 heterocycles. The molecule has 0 amide bonds. The number of nitrogens with zero attached hydrogens (tertiary/aromatic N) is 2. The molecule has 0 saturated carbocycles. The topological polar surface area (TPSA) is 8.82 Å². The van der Waals surface area contributed by atoms with E-state index in [2.05, 4.69) is 179 Å². The summed E-state index contributed by atoms with van der Waals surface area (Å²) < 4.78 is 5.09. The van der Waals surface area contributed by atoms with Crippen molar-refractivity contribution >= 4 is 76.2 Å². The molecule has 0 radical (unpaired) electrons. The van der Waals surface area contributed by atoms with E-state index in [9.17, 15) is 0 Å². The Morgan fingerprint density at radius 1 is 0.314 bits per heavy atom. The van der Waals surface area contributed by atoms with E-state index in [-0.39, 0.29) is 0 Å². The van der Waals surface area contributed by atoms with Crippen LogP contribution in [0.2, 0.25) is 0 Å². The van der Waals surface area contributed by atoms with Gasteiger partial charge in [-0.25, -0.2) is 0 Å². The van der Waals surface area contributed by atoms with Crippen LogP contribution in [0.5, 0.6) is 0 Å². The molecule has 1 aliphatic carbocycles.